The number of para-hydroxylation sites is 2. The molecule has 28 heavy (non-hydrogen) atoms. The second-order valence-corrected chi connectivity index (χ2v) is 7.09. The smallest absolute Gasteiger partial charge is 0.330 e. The molecular weight excluding hydrogens is 356 g/mol. The van der Waals surface area contributed by atoms with Gasteiger partial charge in [-0.25, -0.2) is 9.97 Å². The van der Waals surface area contributed by atoms with Gasteiger partial charge in [-0.3, -0.25) is 4.79 Å². The average Bonchev–Trinajstić information content (AvgIpc) is 2.97. The lowest BCUT2D eigenvalue weighted by Crippen LogP contribution is -2.30. The van der Waals surface area contributed by atoms with Crippen LogP contribution in [0.1, 0.15) is 44.2 Å². The van der Waals surface area contributed by atoms with Gasteiger partial charge in [0.2, 0.25) is 0 Å². The quantitative estimate of drug-likeness (QED) is 0.709. The van der Waals surface area contributed by atoms with Gasteiger partial charge in [-0.05, 0) is 31.9 Å². The van der Waals surface area contributed by atoms with Crippen molar-refractivity contribution < 1.29 is 14.3 Å². The molecule has 2 heterocycles. The van der Waals surface area contributed by atoms with Crippen molar-refractivity contribution in [1.29, 1.82) is 5.26 Å². The minimum atomic E-state index is -1.13. The standard InChI is InChI=1S/C21H26N4O3/c1-15(14-27-2)28-21(26)16(13-22)19-20(25-11-7-3-4-8-12-25)24-18-10-6-5-9-17(18)23-19/h5-6,9-10,15-16H,3-4,7-8,11-12,14H2,1-2H3/t15-,16+/m0/s1. The van der Waals surface area contributed by atoms with Crippen LogP contribution >= 0.6 is 0 Å². The number of esters is 1. The predicted octanol–water partition coefficient (Wildman–Crippen LogP) is 3.20. The van der Waals surface area contributed by atoms with Crippen molar-refractivity contribution in [3.05, 3.63) is 30.0 Å². The fraction of sp³-hybridized carbons (Fsp3) is 0.524. The van der Waals surface area contributed by atoms with E-state index >= 15 is 0 Å². The molecule has 2 aromatic rings. The molecule has 0 saturated carbocycles. The highest BCUT2D eigenvalue weighted by Gasteiger charge is 2.31. The Morgan fingerprint density at radius 1 is 1.18 bits per heavy atom. The van der Waals surface area contributed by atoms with Gasteiger partial charge in [0.1, 0.15) is 11.8 Å². The first-order chi connectivity index (χ1) is 13.6. The predicted molar refractivity (Wildman–Crippen MR) is 106 cm³/mol. The van der Waals surface area contributed by atoms with E-state index in [0.717, 1.165) is 31.4 Å². The van der Waals surface area contributed by atoms with Crippen LogP contribution in [0.25, 0.3) is 11.0 Å². The second-order valence-electron chi connectivity index (χ2n) is 7.09. The normalized spacial score (nSPS) is 16.8. The van der Waals surface area contributed by atoms with E-state index in [4.69, 9.17) is 14.5 Å². The lowest BCUT2D eigenvalue weighted by molar-refractivity contribution is -0.150. The fourth-order valence-corrected chi connectivity index (χ4v) is 3.47. The number of fused-ring (bicyclic) bond motifs is 1. The molecule has 1 aliphatic heterocycles. The summed E-state index contributed by atoms with van der Waals surface area (Å²) in [6.45, 7) is 3.68. The highest BCUT2D eigenvalue weighted by atomic mass is 16.6. The van der Waals surface area contributed by atoms with Gasteiger partial charge in [0.05, 0.1) is 23.7 Å². The van der Waals surface area contributed by atoms with Gasteiger partial charge in [0, 0.05) is 20.2 Å². The zero-order valence-corrected chi connectivity index (χ0v) is 16.4. The summed E-state index contributed by atoms with van der Waals surface area (Å²) >= 11 is 0. The maximum Gasteiger partial charge on any atom is 0.330 e. The SMILES string of the molecule is COC[C@H](C)OC(=O)[C@H](C#N)c1nc2ccccc2nc1N1CCCCCC1. The number of nitrogens with zero attached hydrogens (tertiary/aromatic N) is 4. The molecule has 0 bridgehead atoms. The monoisotopic (exact) mass is 382 g/mol. The van der Waals surface area contributed by atoms with Crippen LogP contribution in [0.2, 0.25) is 0 Å². The summed E-state index contributed by atoms with van der Waals surface area (Å²) in [6.07, 6.45) is 4.01. The van der Waals surface area contributed by atoms with Crippen molar-refractivity contribution in [1.82, 2.24) is 9.97 Å². The molecule has 0 spiro atoms. The molecule has 148 valence electrons. The minimum absolute atomic E-state index is 0.270. The molecule has 2 atom stereocenters. The Bertz CT molecular complexity index is 856. The van der Waals surface area contributed by atoms with E-state index in [2.05, 4.69) is 16.0 Å². The zero-order valence-electron chi connectivity index (χ0n) is 16.4. The number of benzene rings is 1. The van der Waals surface area contributed by atoms with Crippen LogP contribution in [0.5, 0.6) is 0 Å². The number of nitriles is 1. The number of methoxy groups -OCH3 is 1. The van der Waals surface area contributed by atoms with Crippen molar-refractivity contribution in [2.45, 2.75) is 44.6 Å². The van der Waals surface area contributed by atoms with E-state index in [1.165, 1.54) is 12.8 Å². The molecule has 0 unspecified atom stereocenters. The Balaban J connectivity index is 2.02. The summed E-state index contributed by atoms with van der Waals surface area (Å²) in [4.78, 5) is 24.3. The first kappa shape index (κ1) is 20.0. The largest absolute Gasteiger partial charge is 0.459 e. The first-order valence-corrected chi connectivity index (χ1v) is 9.74. The third-order valence-corrected chi connectivity index (χ3v) is 4.84. The molecular formula is C21H26N4O3. The van der Waals surface area contributed by atoms with Crippen molar-refractivity contribution in [3.63, 3.8) is 0 Å². The third kappa shape index (κ3) is 4.57. The summed E-state index contributed by atoms with van der Waals surface area (Å²) < 4.78 is 10.4. The number of aromatic nitrogens is 2. The molecule has 0 amide bonds. The Labute approximate surface area is 165 Å². The highest BCUT2D eigenvalue weighted by Crippen LogP contribution is 2.29. The Morgan fingerprint density at radius 2 is 1.82 bits per heavy atom. The summed E-state index contributed by atoms with van der Waals surface area (Å²) in [5.41, 5.74) is 1.79. The number of hydrogen-bond donors (Lipinski definition) is 0. The number of carbonyl (C=O) groups excluding carboxylic acids is 1. The van der Waals surface area contributed by atoms with E-state index in [0.29, 0.717) is 17.0 Å². The average molecular weight is 382 g/mol. The molecule has 7 heteroatoms. The highest BCUT2D eigenvalue weighted by molar-refractivity contribution is 5.85. The maximum absolute atomic E-state index is 12.7. The van der Waals surface area contributed by atoms with E-state index in [9.17, 15) is 10.1 Å². The molecule has 0 N–H and O–H groups in total. The molecule has 7 nitrogen and oxygen atoms in total. The van der Waals surface area contributed by atoms with Crippen molar-refractivity contribution in [2.24, 2.45) is 0 Å². The van der Waals surface area contributed by atoms with E-state index in [1.54, 1.807) is 14.0 Å². The zero-order chi connectivity index (χ0) is 19.9. The van der Waals surface area contributed by atoms with Crippen LogP contribution in [0, 0.1) is 11.3 Å². The summed E-state index contributed by atoms with van der Waals surface area (Å²) in [6, 6.07) is 9.59. The summed E-state index contributed by atoms with van der Waals surface area (Å²) in [7, 11) is 1.54. The first-order valence-electron chi connectivity index (χ1n) is 9.74. The lowest BCUT2D eigenvalue weighted by Gasteiger charge is -2.25. The van der Waals surface area contributed by atoms with Gasteiger partial charge in [-0.15, -0.1) is 0 Å². The van der Waals surface area contributed by atoms with E-state index in [-0.39, 0.29) is 6.61 Å². The summed E-state index contributed by atoms with van der Waals surface area (Å²) in [5.74, 6) is -1.13. The molecule has 1 fully saturated rings. The van der Waals surface area contributed by atoms with Crippen molar-refractivity contribution >= 4 is 22.8 Å². The molecule has 1 saturated heterocycles. The van der Waals surface area contributed by atoms with Gasteiger partial charge in [0.25, 0.3) is 0 Å². The fourth-order valence-electron chi connectivity index (χ4n) is 3.47. The molecule has 3 rings (SSSR count). The summed E-state index contributed by atoms with van der Waals surface area (Å²) in [5, 5.41) is 9.77. The maximum atomic E-state index is 12.7. The van der Waals surface area contributed by atoms with E-state index < -0.39 is 18.0 Å². The van der Waals surface area contributed by atoms with Crippen molar-refractivity contribution in [3.8, 4) is 6.07 Å². The van der Waals surface area contributed by atoms with Crippen LogP contribution in [0.15, 0.2) is 24.3 Å². The van der Waals surface area contributed by atoms with Gasteiger partial charge in [-0.1, -0.05) is 25.0 Å². The lowest BCUT2D eigenvalue weighted by atomic mass is 10.1. The number of hydrogen-bond acceptors (Lipinski definition) is 7. The van der Waals surface area contributed by atoms with Crippen molar-refractivity contribution in [2.75, 3.05) is 31.7 Å². The number of carbonyl (C=O) groups is 1. The van der Waals surface area contributed by atoms with Crippen LogP contribution in [-0.2, 0) is 14.3 Å². The van der Waals surface area contributed by atoms with Crippen LogP contribution < -0.4 is 4.90 Å². The number of rotatable bonds is 6. The molecule has 1 aromatic heterocycles. The van der Waals surface area contributed by atoms with E-state index in [1.807, 2.05) is 24.3 Å². The molecule has 1 aromatic carbocycles. The van der Waals surface area contributed by atoms with Crippen LogP contribution in [0.3, 0.4) is 0 Å². The Morgan fingerprint density at radius 3 is 2.43 bits per heavy atom. The number of anilines is 1. The Hall–Kier alpha value is -2.72. The van der Waals surface area contributed by atoms with Crippen LogP contribution in [-0.4, -0.2) is 48.8 Å². The van der Waals surface area contributed by atoms with Crippen LogP contribution in [0.4, 0.5) is 5.82 Å². The second kappa shape index (κ2) is 9.47. The Kier molecular flexibility index (Phi) is 6.77. The number of ether oxygens (including phenoxy) is 2. The van der Waals surface area contributed by atoms with Gasteiger partial charge in [0.15, 0.2) is 11.7 Å². The minimum Gasteiger partial charge on any atom is -0.459 e. The molecule has 1 aliphatic rings. The van der Waals surface area contributed by atoms with Gasteiger partial charge >= 0.3 is 5.97 Å². The molecule has 0 radical (unpaired) electrons. The van der Waals surface area contributed by atoms with Gasteiger partial charge in [-0.2, -0.15) is 5.26 Å². The van der Waals surface area contributed by atoms with Gasteiger partial charge < -0.3 is 14.4 Å². The third-order valence-electron chi connectivity index (χ3n) is 4.84. The molecule has 0 aliphatic carbocycles. The topological polar surface area (TPSA) is 88.3 Å².